The number of aliphatic hydroxyl groups excluding tert-OH is 1. The fourth-order valence-electron chi connectivity index (χ4n) is 0.867. The molecule has 0 atom stereocenters. The van der Waals surface area contributed by atoms with Gasteiger partial charge in [-0.2, -0.15) is 0 Å². The number of nitro groups is 1. The van der Waals surface area contributed by atoms with Crippen molar-refractivity contribution in [2.45, 2.75) is 0 Å². The van der Waals surface area contributed by atoms with Crippen molar-refractivity contribution >= 4 is 5.69 Å². The largest absolute Gasteiger partial charge is 0.391 e. The highest BCUT2D eigenvalue weighted by molar-refractivity contribution is 5.43. The number of hydrogen-bond acceptors (Lipinski definition) is 3. The fraction of sp³-hybridized carbons (Fsp3) is 0.0909. The average Bonchev–Trinajstić information content (AvgIpc) is 2.26. The van der Waals surface area contributed by atoms with Crippen LogP contribution >= 0.6 is 0 Å². The van der Waals surface area contributed by atoms with Crippen molar-refractivity contribution in [1.82, 2.24) is 0 Å². The van der Waals surface area contributed by atoms with E-state index in [1.165, 1.54) is 12.1 Å². The SMILES string of the molecule is C=C(C#Cc1ccc([N+](=O)[O-])cc1)CO. The molecular formula is C11H9NO3. The molecule has 0 bridgehead atoms. The minimum atomic E-state index is -0.468. The molecule has 0 unspecified atom stereocenters. The van der Waals surface area contributed by atoms with E-state index >= 15 is 0 Å². The van der Waals surface area contributed by atoms with Crippen LogP contribution in [0.4, 0.5) is 5.69 Å². The summed E-state index contributed by atoms with van der Waals surface area (Å²) in [6.45, 7) is 3.32. The second-order valence-corrected chi connectivity index (χ2v) is 2.82. The zero-order chi connectivity index (χ0) is 11.3. The molecule has 0 saturated carbocycles. The topological polar surface area (TPSA) is 63.4 Å². The molecule has 4 heteroatoms. The summed E-state index contributed by atoms with van der Waals surface area (Å²) in [7, 11) is 0. The maximum Gasteiger partial charge on any atom is 0.269 e. The molecule has 0 aliphatic heterocycles. The molecule has 0 aliphatic rings. The van der Waals surface area contributed by atoms with Crippen LogP contribution in [0.5, 0.6) is 0 Å². The highest BCUT2D eigenvalue weighted by Crippen LogP contribution is 2.10. The molecule has 0 spiro atoms. The van der Waals surface area contributed by atoms with Gasteiger partial charge in [-0.3, -0.25) is 10.1 Å². The number of hydrogen-bond donors (Lipinski definition) is 1. The van der Waals surface area contributed by atoms with Crippen LogP contribution in [0.15, 0.2) is 36.4 Å². The summed E-state index contributed by atoms with van der Waals surface area (Å²) in [5.41, 5.74) is 1.09. The number of nitrogens with zero attached hydrogens (tertiary/aromatic N) is 1. The highest BCUT2D eigenvalue weighted by Gasteiger charge is 2.01. The molecule has 1 aromatic rings. The number of rotatable bonds is 2. The Labute approximate surface area is 87.0 Å². The second kappa shape index (κ2) is 4.94. The summed E-state index contributed by atoms with van der Waals surface area (Å²) in [4.78, 5) is 9.88. The Morgan fingerprint density at radius 1 is 1.47 bits per heavy atom. The minimum absolute atomic E-state index is 0.0292. The molecule has 4 nitrogen and oxygen atoms in total. The van der Waals surface area contributed by atoms with Gasteiger partial charge in [0.25, 0.3) is 5.69 Å². The first-order valence-corrected chi connectivity index (χ1v) is 4.18. The highest BCUT2D eigenvalue weighted by atomic mass is 16.6. The van der Waals surface area contributed by atoms with Gasteiger partial charge in [0.15, 0.2) is 0 Å². The van der Waals surface area contributed by atoms with Gasteiger partial charge >= 0.3 is 0 Å². The first kappa shape index (κ1) is 11.0. The van der Waals surface area contributed by atoms with E-state index in [-0.39, 0.29) is 12.3 Å². The number of aliphatic hydroxyl groups is 1. The molecule has 76 valence electrons. The van der Waals surface area contributed by atoms with E-state index in [1.807, 2.05) is 0 Å². The minimum Gasteiger partial charge on any atom is -0.391 e. The first-order valence-electron chi connectivity index (χ1n) is 4.18. The quantitative estimate of drug-likeness (QED) is 0.450. The molecule has 0 radical (unpaired) electrons. The summed E-state index contributed by atoms with van der Waals surface area (Å²) in [6, 6.07) is 5.86. The van der Waals surface area contributed by atoms with E-state index in [4.69, 9.17) is 5.11 Å². The van der Waals surface area contributed by atoms with Crippen molar-refractivity contribution in [3.63, 3.8) is 0 Å². The van der Waals surface area contributed by atoms with Crippen LogP contribution < -0.4 is 0 Å². The fourth-order valence-corrected chi connectivity index (χ4v) is 0.867. The predicted molar refractivity (Wildman–Crippen MR) is 56.2 cm³/mol. The van der Waals surface area contributed by atoms with Crippen LogP contribution in [0.25, 0.3) is 0 Å². The number of non-ortho nitro benzene ring substituents is 1. The number of benzene rings is 1. The second-order valence-electron chi connectivity index (χ2n) is 2.82. The van der Waals surface area contributed by atoms with Crippen LogP contribution in [0, 0.1) is 22.0 Å². The molecule has 1 aromatic carbocycles. The maximum atomic E-state index is 10.3. The Morgan fingerprint density at radius 3 is 2.53 bits per heavy atom. The van der Waals surface area contributed by atoms with Crippen LogP contribution in [0.2, 0.25) is 0 Å². The van der Waals surface area contributed by atoms with E-state index in [2.05, 4.69) is 18.4 Å². The zero-order valence-corrected chi connectivity index (χ0v) is 7.93. The Balaban J connectivity index is 2.84. The summed E-state index contributed by atoms with van der Waals surface area (Å²) in [5.74, 6) is 5.36. The lowest BCUT2D eigenvalue weighted by Crippen LogP contribution is -1.87. The zero-order valence-electron chi connectivity index (χ0n) is 7.93. The van der Waals surface area contributed by atoms with Crippen LogP contribution in [0.1, 0.15) is 5.56 Å². The third kappa shape index (κ3) is 3.25. The van der Waals surface area contributed by atoms with E-state index in [9.17, 15) is 10.1 Å². The van der Waals surface area contributed by atoms with Crippen molar-refractivity contribution < 1.29 is 10.0 Å². The van der Waals surface area contributed by atoms with Gasteiger partial charge in [-0.15, -0.1) is 0 Å². The Kier molecular flexibility index (Phi) is 3.61. The molecule has 1 rings (SSSR count). The van der Waals surface area contributed by atoms with Crippen LogP contribution in [0.3, 0.4) is 0 Å². The molecule has 0 amide bonds. The Hall–Kier alpha value is -2.12. The van der Waals surface area contributed by atoms with Crippen molar-refractivity contribution in [2.75, 3.05) is 6.61 Å². The van der Waals surface area contributed by atoms with E-state index in [0.29, 0.717) is 11.1 Å². The van der Waals surface area contributed by atoms with Gasteiger partial charge in [0.1, 0.15) is 0 Å². The molecule has 0 saturated heterocycles. The van der Waals surface area contributed by atoms with Crippen LogP contribution in [-0.2, 0) is 0 Å². The van der Waals surface area contributed by atoms with Crippen molar-refractivity contribution in [2.24, 2.45) is 0 Å². The molecule has 1 N–H and O–H groups in total. The van der Waals surface area contributed by atoms with Gasteiger partial charge in [-0.05, 0) is 12.1 Å². The third-order valence-corrected chi connectivity index (χ3v) is 1.65. The molecule has 0 fully saturated rings. The summed E-state index contributed by atoms with van der Waals surface area (Å²) >= 11 is 0. The molecule has 0 aromatic heterocycles. The Bertz CT molecular complexity index is 437. The molecular weight excluding hydrogens is 194 g/mol. The summed E-state index contributed by atoms with van der Waals surface area (Å²) < 4.78 is 0. The lowest BCUT2D eigenvalue weighted by atomic mass is 10.2. The monoisotopic (exact) mass is 203 g/mol. The van der Waals surface area contributed by atoms with E-state index < -0.39 is 4.92 Å². The van der Waals surface area contributed by atoms with Gasteiger partial charge in [0.05, 0.1) is 11.5 Å². The van der Waals surface area contributed by atoms with Gasteiger partial charge < -0.3 is 5.11 Å². The van der Waals surface area contributed by atoms with Crippen LogP contribution in [-0.4, -0.2) is 16.6 Å². The van der Waals surface area contributed by atoms with Crippen molar-refractivity contribution in [3.8, 4) is 11.8 Å². The van der Waals surface area contributed by atoms with Gasteiger partial charge in [0.2, 0.25) is 0 Å². The first-order chi connectivity index (χ1) is 7.13. The van der Waals surface area contributed by atoms with E-state index in [1.54, 1.807) is 12.1 Å². The van der Waals surface area contributed by atoms with Crippen molar-refractivity contribution in [3.05, 3.63) is 52.1 Å². The summed E-state index contributed by atoms with van der Waals surface area (Å²) in [6.07, 6.45) is 0. The standard InChI is InChI=1S/C11H9NO3/c1-9(8-13)2-3-10-4-6-11(7-5-10)12(14)15/h4-7,13H,1,8H2. The Morgan fingerprint density at radius 2 is 2.07 bits per heavy atom. The average molecular weight is 203 g/mol. The van der Waals surface area contributed by atoms with Gasteiger partial charge in [0, 0.05) is 23.3 Å². The molecule has 0 aliphatic carbocycles. The normalized spacial score (nSPS) is 8.87. The number of nitro benzene ring substituents is 1. The maximum absolute atomic E-state index is 10.3. The lowest BCUT2D eigenvalue weighted by Gasteiger charge is -1.91. The predicted octanol–water partition coefficient (Wildman–Crippen LogP) is 1.49. The molecule has 15 heavy (non-hydrogen) atoms. The van der Waals surface area contributed by atoms with Crippen molar-refractivity contribution in [1.29, 1.82) is 0 Å². The van der Waals surface area contributed by atoms with Gasteiger partial charge in [-0.25, -0.2) is 0 Å². The summed E-state index contributed by atoms with van der Waals surface area (Å²) in [5, 5.41) is 19.0. The third-order valence-electron chi connectivity index (χ3n) is 1.65. The van der Waals surface area contributed by atoms with E-state index in [0.717, 1.165) is 0 Å². The lowest BCUT2D eigenvalue weighted by molar-refractivity contribution is -0.384. The smallest absolute Gasteiger partial charge is 0.269 e. The van der Waals surface area contributed by atoms with Gasteiger partial charge in [-0.1, -0.05) is 18.4 Å². The molecule has 0 heterocycles.